The van der Waals surface area contributed by atoms with E-state index in [1.54, 1.807) is 0 Å². The first kappa shape index (κ1) is 14.3. The summed E-state index contributed by atoms with van der Waals surface area (Å²) in [6.45, 7) is 2.04. The lowest BCUT2D eigenvalue weighted by atomic mass is 10.0. The number of carbonyl (C=O) groups is 1. The van der Waals surface area contributed by atoms with Crippen LogP contribution in [-0.4, -0.2) is 5.78 Å². The summed E-state index contributed by atoms with van der Waals surface area (Å²) in [6, 6.07) is 2.47. The van der Waals surface area contributed by atoms with E-state index in [4.69, 9.17) is 0 Å². The molecule has 0 saturated heterocycles. The third-order valence-electron chi connectivity index (χ3n) is 2.57. The summed E-state index contributed by atoms with van der Waals surface area (Å²) in [5.74, 6) is -1.45. The topological polar surface area (TPSA) is 17.1 Å². The molecule has 1 aromatic rings. The number of hydrogen-bond donors (Lipinski definition) is 0. The van der Waals surface area contributed by atoms with Crippen LogP contribution in [0.2, 0.25) is 0 Å². The van der Waals surface area contributed by atoms with Crippen LogP contribution in [0.3, 0.4) is 0 Å². The van der Waals surface area contributed by atoms with Crippen molar-refractivity contribution in [3.8, 4) is 0 Å². The number of Topliss-reactive ketones (excluding diaryl/α,β-unsaturated/α-hetero) is 1. The zero-order chi connectivity index (χ0) is 12.8. The lowest BCUT2D eigenvalue weighted by Gasteiger charge is -2.05. The predicted molar refractivity (Wildman–Crippen MR) is 66.9 cm³/mol. The molecule has 1 rings (SSSR count). The second-order valence-corrected chi connectivity index (χ2v) is 4.85. The third-order valence-corrected chi connectivity index (χ3v) is 3.18. The van der Waals surface area contributed by atoms with Crippen LogP contribution in [0.4, 0.5) is 8.78 Å². The molecule has 0 amide bonds. The molecule has 0 heterocycles. The Bertz CT molecular complexity index is 405. The van der Waals surface area contributed by atoms with E-state index in [-0.39, 0.29) is 22.2 Å². The van der Waals surface area contributed by atoms with Gasteiger partial charge in [-0.1, -0.05) is 19.8 Å². The van der Waals surface area contributed by atoms with E-state index in [1.807, 2.05) is 6.92 Å². The van der Waals surface area contributed by atoms with Gasteiger partial charge in [-0.2, -0.15) is 0 Å². The molecular weight excluding hydrogens is 290 g/mol. The van der Waals surface area contributed by atoms with Gasteiger partial charge in [0.1, 0.15) is 17.4 Å². The van der Waals surface area contributed by atoms with Crippen molar-refractivity contribution in [3.63, 3.8) is 0 Å². The highest BCUT2D eigenvalue weighted by molar-refractivity contribution is 9.10. The minimum Gasteiger partial charge on any atom is -0.299 e. The maximum atomic E-state index is 13.6. The van der Waals surface area contributed by atoms with E-state index in [0.29, 0.717) is 6.42 Å². The molecule has 0 saturated carbocycles. The molecular formula is C13H15BrF2O. The Morgan fingerprint density at radius 3 is 2.65 bits per heavy atom. The SMILES string of the molecule is CCCCCC(=O)Cc1c(F)ccc(Br)c1F. The van der Waals surface area contributed by atoms with Gasteiger partial charge in [-0.25, -0.2) is 8.78 Å². The van der Waals surface area contributed by atoms with Crippen LogP contribution in [0.5, 0.6) is 0 Å². The molecule has 4 heteroatoms. The maximum Gasteiger partial charge on any atom is 0.143 e. The molecule has 0 N–H and O–H groups in total. The van der Waals surface area contributed by atoms with Gasteiger partial charge in [0, 0.05) is 18.4 Å². The molecule has 0 aliphatic heterocycles. The number of hydrogen-bond acceptors (Lipinski definition) is 1. The normalized spacial score (nSPS) is 10.6. The predicted octanol–water partition coefficient (Wildman–Crippen LogP) is 4.42. The molecule has 1 nitrogen and oxygen atoms in total. The second kappa shape index (κ2) is 6.84. The van der Waals surface area contributed by atoms with Crippen LogP contribution in [0.25, 0.3) is 0 Å². The van der Waals surface area contributed by atoms with Gasteiger partial charge in [-0.3, -0.25) is 4.79 Å². The molecule has 0 fully saturated rings. The van der Waals surface area contributed by atoms with Crippen molar-refractivity contribution in [2.75, 3.05) is 0 Å². The van der Waals surface area contributed by atoms with Crippen molar-refractivity contribution in [1.82, 2.24) is 0 Å². The van der Waals surface area contributed by atoms with Crippen LogP contribution < -0.4 is 0 Å². The lowest BCUT2D eigenvalue weighted by molar-refractivity contribution is -0.118. The fourth-order valence-corrected chi connectivity index (χ4v) is 1.96. The molecule has 0 bridgehead atoms. The lowest BCUT2D eigenvalue weighted by Crippen LogP contribution is -2.07. The summed E-state index contributed by atoms with van der Waals surface area (Å²) in [5, 5.41) is 0. The van der Waals surface area contributed by atoms with E-state index in [9.17, 15) is 13.6 Å². The molecule has 0 aliphatic carbocycles. The Hall–Kier alpha value is -0.770. The Morgan fingerprint density at radius 1 is 1.29 bits per heavy atom. The monoisotopic (exact) mass is 304 g/mol. The van der Waals surface area contributed by atoms with Gasteiger partial charge in [0.2, 0.25) is 0 Å². The first-order chi connectivity index (χ1) is 8.06. The molecule has 94 valence electrons. The van der Waals surface area contributed by atoms with Crippen LogP contribution in [0.1, 0.15) is 38.2 Å². The van der Waals surface area contributed by atoms with Gasteiger partial charge in [0.25, 0.3) is 0 Å². The summed E-state index contributed by atoms with van der Waals surface area (Å²) in [4.78, 5) is 11.6. The minimum absolute atomic E-state index is 0.116. The summed E-state index contributed by atoms with van der Waals surface area (Å²) in [5.41, 5.74) is -0.138. The largest absolute Gasteiger partial charge is 0.299 e. The number of rotatable bonds is 6. The van der Waals surface area contributed by atoms with Crippen molar-refractivity contribution in [3.05, 3.63) is 33.8 Å². The molecule has 0 aromatic heterocycles. The van der Waals surface area contributed by atoms with Gasteiger partial charge < -0.3 is 0 Å². The van der Waals surface area contributed by atoms with Crippen LogP contribution in [0.15, 0.2) is 16.6 Å². The first-order valence-corrected chi connectivity index (χ1v) is 6.49. The van der Waals surface area contributed by atoms with Gasteiger partial charge in [0.05, 0.1) is 4.47 Å². The fraction of sp³-hybridized carbons (Fsp3) is 0.462. The maximum absolute atomic E-state index is 13.6. The van der Waals surface area contributed by atoms with Crippen molar-refractivity contribution in [2.24, 2.45) is 0 Å². The number of benzene rings is 1. The Kier molecular flexibility index (Phi) is 5.75. The van der Waals surface area contributed by atoms with Crippen LogP contribution in [0, 0.1) is 11.6 Å². The third kappa shape index (κ3) is 4.19. The summed E-state index contributed by atoms with van der Waals surface area (Å²) < 4.78 is 27.1. The highest BCUT2D eigenvalue weighted by Gasteiger charge is 2.15. The number of halogens is 3. The zero-order valence-corrected chi connectivity index (χ0v) is 11.3. The number of unbranched alkanes of at least 4 members (excludes halogenated alkanes) is 2. The van der Waals surface area contributed by atoms with E-state index in [2.05, 4.69) is 15.9 Å². The highest BCUT2D eigenvalue weighted by atomic mass is 79.9. The Balaban J connectivity index is 2.68. The number of carbonyl (C=O) groups excluding carboxylic acids is 1. The fourth-order valence-electron chi connectivity index (χ4n) is 1.59. The van der Waals surface area contributed by atoms with Crippen LogP contribution >= 0.6 is 15.9 Å². The van der Waals surface area contributed by atoms with Crippen molar-refractivity contribution >= 4 is 21.7 Å². The average molecular weight is 305 g/mol. The van der Waals surface area contributed by atoms with Gasteiger partial charge in [-0.15, -0.1) is 0 Å². The Morgan fingerprint density at radius 2 is 2.00 bits per heavy atom. The summed E-state index contributed by atoms with van der Waals surface area (Å²) >= 11 is 2.98. The average Bonchev–Trinajstić information content (AvgIpc) is 2.30. The van der Waals surface area contributed by atoms with E-state index < -0.39 is 11.6 Å². The molecule has 0 aliphatic rings. The second-order valence-electron chi connectivity index (χ2n) is 3.99. The zero-order valence-electron chi connectivity index (χ0n) is 9.73. The summed E-state index contributed by atoms with van der Waals surface area (Å²) in [7, 11) is 0. The smallest absolute Gasteiger partial charge is 0.143 e. The molecule has 0 atom stereocenters. The summed E-state index contributed by atoms with van der Waals surface area (Å²) in [6.07, 6.45) is 2.99. The van der Waals surface area contributed by atoms with E-state index in [0.717, 1.165) is 19.3 Å². The van der Waals surface area contributed by atoms with E-state index in [1.165, 1.54) is 12.1 Å². The van der Waals surface area contributed by atoms with E-state index >= 15 is 0 Å². The van der Waals surface area contributed by atoms with Gasteiger partial charge >= 0.3 is 0 Å². The van der Waals surface area contributed by atoms with Crippen molar-refractivity contribution < 1.29 is 13.6 Å². The molecule has 0 unspecified atom stereocenters. The molecule has 0 spiro atoms. The first-order valence-electron chi connectivity index (χ1n) is 5.70. The standard InChI is InChI=1S/C13H15BrF2O/c1-2-3-4-5-9(17)8-10-12(15)7-6-11(14)13(10)16/h6-7H,2-5,8H2,1H3. The quantitative estimate of drug-likeness (QED) is 0.561. The van der Waals surface area contributed by atoms with Crippen molar-refractivity contribution in [2.45, 2.75) is 39.0 Å². The van der Waals surface area contributed by atoms with Crippen molar-refractivity contribution in [1.29, 1.82) is 0 Å². The molecule has 0 radical (unpaired) electrons. The molecule has 1 aromatic carbocycles. The van der Waals surface area contributed by atoms with Gasteiger partial charge in [-0.05, 0) is 34.5 Å². The van der Waals surface area contributed by atoms with Gasteiger partial charge in [0.15, 0.2) is 0 Å². The molecule has 17 heavy (non-hydrogen) atoms. The Labute approximate surface area is 108 Å². The highest BCUT2D eigenvalue weighted by Crippen LogP contribution is 2.22. The number of ketones is 1. The van der Waals surface area contributed by atoms with Crippen LogP contribution in [-0.2, 0) is 11.2 Å². The minimum atomic E-state index is -0.672.